The molecule has 86 valence electrons. The van der Waals surface area contributed by atoms with Crippen LogP contribution in [0.3, 0.4) is 0 Å². The summed E-state index contributed by atoms with van der Waals surface area (Å²) in [7, 11) is 0. The minimum absolute atomic E-state index is 0.00471. The first kappa shape index (κ1) is 11.0. The molecule has 4 nitrogen and oxygen atoms in total. The molecule has 1 aromatic heterocycles. The molecule has 0 aromatic carbocycles. The molecule has 0 saturated carbocycles. The van der Waals surface area contributed by atoms with E-state index in [0.717, 1.165) is 25.9 Å². The third kappa shape index (κ3) is 2.76. The van der Waals surface area contributed by atoms with Crippen LogP contribution >= 0.6 is 0 Å². The zero-order valence-corrected chi connectivity index (χ0v) is 8.87. The van der Waals surface area contributed by atoms with E-state index in [-0.39, 0.29) is 11.8 Å². The summed E-state index contributed by atoms with van der Waals surface area (Å²) >= 11 is 0. The minimum atomic E-state index is -0.542. The van der Waals surface area contributed by atoms with Crippen LogP contribution in [0.15, 0.2) is 18.3 Å². The first-order valence-corrected chi connectivity index (χ1v) is 5.39. The van der Waals surface area contributed by atoms with Crippen molar-refractivity contribution in [1.29, 1.82) is 0 Å². The normalized spacial score (nSPS) is 17.1. The van der Waals surface area contributed by atoms with Crippen LogP contribution in [0, 0.1) is 11.9 Å². The summed E-state index contributed by atoms with van der Waals surface area (Å²) in [4.78, 5) is 15.3. The molecule has 0 spiro atoms. The van der Waals surface area contributed by atoms with E-state index in [4.69, 9.17) is 0 Å². The summed E-state index contributed by atoms with van der Waals surface area (Å²) in [6, 6.07) is 2.75. The average Bonchev–Trinajstić information content (AvgIpc) is 2.33. The van der Waals surface area contributed by atoms with Crippen molar-refractivity contribution in [2.45, 2.75) is 12.8 Å². The van der Waals surface area contributed by atoms with E-state index in [2.05, 4.69) is 15.6 Å². The van der Waals surface area contributed by atoms with Crippen LogP contribution in [0.2, 0.25) is 0 Å². The number of hydrogen-bond acceptors (Lipinski definition) is 3. The number of anilines is 1. The van der Waals surface area contributed by atoms with Gasteiger partial charge in [0, 0.05) is 5.92 Å². The highest BCUT2D eigenvalue weighted by atomic mass is 19.1. The van der Waals surface area contributed by atoms with Gasteiger partial charge in [0.25, 0.3) is 0 Å². The smallest absolute Gasteiger partial charge is 0.227 e. The number of halogens is 1. The Morgan fingerprint density at radius 2 is 2.19 bits per heavy atom. The van der Waals surface area contributed by atoms with Gasteiger partial charge < -0.3 is 10.6 Å². The molecule has 2 rings (SSSR count). The highest BCUT2D eigenvalue weighted by Gasteiger charge is 2.20. The zero-order valence-electron chi connectivity index (χ0n) is 8.87. The molecule has 5 heteroatoms. The summed E-state index contributed by atoms with van der Waals surface area (Å²) < 4.78 is 12.5. The van der Waals surface area contributed by atoms with Gasteiger partial charge in [0.15, 0.2) is 0 Å². The highest BCUT2D eigenvalue weighted by molar-refractivity contribution is 5.92. The number of hydrogen-bond donors (Lipinski definition) is 2. The standard InChI is InChI=1S/C11H14FN3O/c12-10-2-1-9(7-14-10)15-11(16)8-3-5-13-6-4-8/h1-2,7-8,13H,3-6H2,(H,15,16). The molecule has 2 N–H and O–H groups in total. The first-order valence-electron chi connectivity index (χ1n) is 5.39. The van der Waals surface area contributed by atoms with Gasteiger partial charge in [-0.25, -0.2) is 4.98 Å². The number of rotatable bonds is 2. The molecule has 16 heavy (non-hydrogen) atoms. The van der Waals surface area contributed by atoms with E-state index in [1.807, 2.05) is 0 Å². The Hall–Kier alpha value is -1.49. The van der Waals surface area contributed by atoms with Gasteiger partial charge in [0.2, 0.25) is 11.9 Å². The Balaban J connectivity index is 1.93. The molecule has 1 saturated heterocycles. The lowest BCUT2D eigenvalue weighted by atomic mass is 9.97. The molecule has 1 amide bonds. The fourth-order valence-electron chi connectivity index (χ4n) is 1.78. The lowest BCUT2D eigenvalue weighted by Crippen LogP contribution is -2.34. The number of amides is 1. The molecule has 0 aliphatic carbocycles. The maximum absolute atomic E-state index is 12.5. The van der Waals surface area contributed by atoms with E-state index in [0.29, 0.717) is 5.69 Å². The van der Waals surface area contributed by atoms with Crippen molar-refractivity contribution >= 4 is 11.6 Å². The predicted molar refractivity (Wildman–Crippen MR) is 58.4 cm³/mol. The molecule has 0 radical (unpaired) electrons. The number of piperidine rings is 1. The van der Waals surface area contributed by atoms with Crippen LogP contribution in [-0.4, -0.2) is 24.0 Å². The van der Waals surface area contributed by atoms with Crippen molar-refractivity contribution in [3.63, 3.8) is 0 Å². The Labute approximate surface area is 93.3 Å². The van der Waals surface area contributed by atoms with E-state index in [1.165, 1.54) is 18.3 Å². The highest BCUT2D eigenvalue weighted by Crippen LogP contribution is 2.14. The third-order valence-electron chi connectivity index (χ3n) is 2.70. The van der Waals surface area contributed by atoms with Gasteiger partial charge in [-0.2, -0.15) is 4.39 Å². The van der Waals surface area contributed by atoms with Gasteiger partial charge in [-0.1, -0.05) is 0 Å². The van der Waals surface area contributed by atoms with E-state index in [1.54, 1.807) is 0 Å². The summed E-state index contributed by atoms with van der Waals surface area (Å²) in [5, 5.41) is 5.94. The maximum atomic E-state index is 12.5. The Morgan fingerprint density at radius 1 is 1.44 bits per heavy atom. The topological polar surface area (TPSA) is 54.0 Å². The molecule has 0 bridgehead atoms. The molecule has 1 aromatic rings. The molecule has 1 aliphatic rings. The second-order valence-electron chi connectivity index (χ2n) is 3.88. The fraction of sp³-hybridized carbons (Fsp3) is 0.455. The molecule has 2 heterocycles. The van der Waals surface area contributed by atoms with Crippen molar-refractivity contribution in [1.82, 2.24) is 10.3 Å². The lowest BCUT2D eigenvalue weighted by molar-refractivity contribution is -0.120. The Kier molecular flexibility index (Phi) is 3.46. The van der Waals surface area contributed by atoms with Gasteiger partial charge in [-0.05, 0) is 38.1 Å². The zero-order chi connectivity index (χ0) is 11.4. The number of nitrogens with one attached hydrogen (secondary N) is 2. The monoisotopic (exact) mass is 223 g/mol. The van der Waals surface area contributed by atoms with E-state index >= 15 is 0 Å². The molecular formula is C11H14FN3O. The van der Waals surface area contributed by atoms with Crippen LogP contribution in [-0.2, 0) is 4.79 Å². The van der Waals surface area contributed by atoms with Gasteiger partial charge in [-0.15, -0.1) is 0 Å². The number of pyridine rings is 1. The van der Waals surface area contributed by atoms with E-state index < -0.39 is 5.95 Å². The van der Waals surface area contributed by atoms with Crippen molar-refractivity contribution in [2.75, 3.05) is 18.4 Å². The molecule has 0 unspecified atom stereocenters. The molecule has 1 fully saturated rings. The third-order valence-corrected chi connectivity index (χ3v) is 2.70. The summed E-state index contributed by atoms with van der Waals surface area (Å²) in [6.45, 7) is 1.75. The fourth-order valence-corrected chi connectivity index (χ4v) is 1.78. The molecule has 0 atom stereocenters. The number of carbonyl (C=O) groups excluding carboxylic acids is 1. The molecular weight excluding hydrogens is 209 g/mol. The quantitative estimate of drug-likeness (QED) is 0.740. The predicted octanol–water partition coefficient (Wildman–Crippen LogP) is 1.16. The Bertz CT molecular complexity index is 360. The summed E-state index contributed by atoms with van der Waals surface area (Å²) in [5.41, 5.74) is 0.546. The SMILES string of the molecule is O=C(Nc1ccc(F)nc1)C1CCNCC1. The van der Waals surface area contributed by atoms with Crippen LogP contribution in [0.5, 0.6) is 0 Å². The second-order valence-corrected chi connectivity index (χ2v) is 3.88. The van der Waals surface area contributed by atoms with E-state index in [9.17, 15) is 9.18 Å². The van der Waals surface area contributed by atoms with Crippen molar-refractivity contribution in [2.24, 2.45) is 5.92 Å². The van der Waals surface area contributed by atoms with Crippen molar-refractivity contribution in [3.05, 3.63) is 24.3 Å². The van der Waals surface area contributed by atoms with Gasteiger partial charge in [0.1, 0.15) is 0 Å². The van der Waals surface area contributed by atoms with Crippen LogP contribution in [0.25, 0.3) is 0 Å². The van der Waals surface area contributed by atoms with Gasteiger partial charge >= 0.3 is 0 Å². The largest absolute Gasteiger partial charge is 0.324 e. The van der Waals surface area contributed by atoms with Crippen molar-refractivity contribution in [3.8, 4) is 0 Å². The average molecular weight is 223 g/mol. The minimum Gasteiger partial charge on any atom is -0.324 e. The Morgan fingerprint density at radius 3 is 2.81 bits per heavy atom. The first-order chi connectivity index (χ1) is 7.75. The summed E-state index contributed by atoms with van der Waals surface area (Å²) in [6.07, 6.45) is 3.02. The van der Waals surface area contributed by atoms with Crippen LogP contribution in [0.4, 0.5) is 10.1 Å². The summed E-state index contributed by atoms with van der Waals surface area (Å²) in [5.74, 6) is -0.499. The van der Waals surface area contributed by atoms with Crippen molar-refractivity contribution < 1.29 is 9.18 Å². The number of nitrogens with zero attached hydrogens (tertiary/aromatic N) is 1. The van der Waals surface area contributed by atoms with Gasteiger partial charge in [-0.3, -0.25) is 4.79 Å². The van der Waals surface area contributed by atoms with Crippen LogP contribution in [0.1, 0.15) is 12.8 Å². The number of aromatic nitrogens is 1. The lowest BCUT2D eigenvalue weighted by Gasteiger charge is -2.21. The maximum Gasteiger partial charge on any atom is 0.227 e. The van der Waals surface area contributed by atoms with Gasteiger partial charge in [0.05, 0.1) is 11.9 Å². The second kappa shape index (κ2) is 5.03. The van der Waals surface area contributed by atoms with Crippen LogP contribution < -0.4 is 10.6 Å². The number of carbonyl (C=O) groups is 1. The molecule has 1 aliphatic heterocycles.